The van der Waals surface area contributed by atoms with E-state index in [4.69, 9.17) is 9.84 Å². The molecule has 0 heterocycles. The molecule has 1 rings (SSSR count). The van der Waals surface area contributed by atoms with E-state index < -0.39 is 10.0 Å². The molecule has 0 spiro atoms. The smallest absolute Gasteiger partial charge is 0.240 e. The zero-order valence-electron chi connectivity index (χ0n) is 12.2. The second-order valence-electron chi connectivity index (χ2n) is 4.41. The lowest BCUT2D eigenvalue weighted by Crippen LogP contribution is -2.26. The van der Waals surface area contributed by atoms with Crippen LogP contribution in [-0.2, 0) is 10.0 Å². The molecule has 0 atom stereocenters. The molecular weight excluding hydrogens is 310 g/mol. The number of thioether (sulfide) groups is 1. The summed E-state index contributed by atoms with van der Waals surface area (Å²) < 4.78 is 32.1. The van der Waals surface area contributed by atoms with Crippen LogP contribution in [0.2, 0.25) is 0 Å². The van der Waals surface area contributed by atoms with Crippen LogP contribution in [0.4, 0.5) is 0 Å². The van der Waals surface area contributed by atoms with E-state index in [0.717, 1.165) is 18.6 Å². The molecule has 2 N–H and O–H groups in total. The highest BCUT2D eigenvalue weighted by atomic mass is 32.2. The van der Waals surface area contributed by atoms with E-state index >= 15 is 0 Å². The summed E-state index contributed by atoms with van der Waals surface area (Å²) in [5, 5.41) is 8.64. The number of nitrogens with one attached hydrogen (secondary N) is 1. The molecule has 7 heteroatoms. The molecule has 1 aromatic carbocycles. The highest BCUT2D eigenvalue weighted by Gasteiger charge is 2.13. The van der Waals surface area contributed by atoms with Gasteiger partial charge in [-0.15, -0.1) is 0 Å². The van der Waals surface area contributed by atoms with Crippen molar-refractivity contribution >= 4 is 21.8 Å². The third-order valence-electron chi connectivity index (χ3n) is 2.59. The van der Waals surface area contributed by atoms with Gasteiger partial charge in [-0.05, 0) is 42.9 Å². The van der Waals surface area contributed by atoms with Gasteiger partial charge in [0, 0.05) is 18.9 Å². The van der Waals surface area contributed by atoms with Gasteiger partial charge in [-0.1, -0.05) is 6.92 Å². The van der Waals surface area contributed by atoms with Crippen molar-refractivity contribution in [1.29, 1.82) is 0 Å². The van der Waals surface area contributed by atoms with E-state index in [1.54, 1.807) is 36.0 Å². The summed E-state index contributed by atoms with van der Waals surface area (Å²) in [5.41, 5.74) is 0. The Morgan fingerprint density at radius 2 is 1.95 bits per heavy atom. The number of benzene rings is 1. The Bertz CT molecular complexity index is 488. The van der Waals surface area contributed by atoms with Gasteiger partial charge in [0.05, 0.1) is 11.5 Å². The Morgan fingerprint density at radius 3 is 2.57 bits per heavy atom. The lowest BCUT2D eigenvalue weighted by atomic mass is 10.3. The maximum absolute atomic E-state index is 12.0. The molecule has 0 bridgehead atoms. The number of aliphatic hydroxyl groups excluding tert-OH is 1. The molecule has 0 aliphatic rings. The highest BCUT2D eigenvalue weighted by molar-refractivity contribution is 7.99. The van der Waals surface area contributed by atoms with E-state index in [0.29, 0.717) is 24.7 Å². The van der Waals surface area contributed by atoms with E-state index in [-0.39, 0.29) is 11.5 Å². The van der Waals surface area contributed by atoms with Crippen LogP contribution < -0.4 is 9.46 Å². The summed E-state index contributed by atoms with van der Waals surface area (Å²) >= 11 is 1.62. The Balaban J connectivity index is 2.42. The predicted octanol–water partition coefficient (Wildman–Crippen LogP) is 1.87. The van der Waals surface area contributed by atoms with E-state index in [9.17, 15) is 8.42 Å². The number of sulfonamides is 1. The van der Waals surface area contributed by atoms with Crippen molar-refractivity contribution in [3.63, 3.8) is 0 Å². The molecule has 21 heavy (non-hydrogen) atoms. The molecule has 5 nitrogen and oxygen atoms in total. The molecule has 0 aliphatic carbocycles. The zero-order chi connectivity index (χ0) is 15.6. The molecule has 1 aromatic rings. The molecule has 0 aromatic heterocycles. The second kappa shape index (κ2) is 10.0. The van der Waals surface area contributed by atoms with Gasteiger partial charge in [0.15, 0.2) is 0 Å². The van der Waals surface area contributed by atoms with Crippen LogP contribution in [0.1, 0.15) is 19.8 Å². The lowest BCUT2D eigenvalue weighted by Gasteiger charge is -2.08. The number of rotatable bonds is 11. The quantitative estimate of drug-likeness (QED) is 0.605. The summed E-state index contributed by atoms with van der Waals surface area (Å²) in [6, 6.07) is 6.43. The normalized spacial score (nSPS) is 11.5. The van der Waals surface area contributed by atoms with Gasteiger partial charge in [-0.3, -0.25) is 0 Å². The van der Waals surface area contributed by atoms with Crippen LogP contribution >= 0.6 is 11.8 Å². The maximum atomic E-state index is 12.0. The van der Waals surface area contributed by atoms with Crippen LogP contribution in [0, 0.1) is 0 Å². The Kier molecular flexibility index (Phi) is 8.75. The first-order valence-electron chi connectivity index (χ1n) is 7.01. The van der Waals surface area contributed by atoms with Gasteiger partial charge < -0.3 is 9.84 Å². The molecule has 0 aliphatic heterocycles. The molecule has 120 valence electrons. The molecule has 0 saturated heterocycles. The number of ether oxygens (including phenoxy) is 1. The third-order valence-corrected chi connectivity index (χ3v) is 5.14. The fraction of sp³-hybridized carbons (Fsp3) is 0.571. The summed E-state index contributed by atoms with van der Waals surface area (Å²) in [7, 11) is -3.46. The van der Waals surface area contributed by atoms with Crippen LogP contribution in [0.5, 0.6) is 5.75 Å². The van der Waals surface area contributed by atoms with Crippen molar-refractivity contribution < 1.29 is 18.3 Å². The van der Waals surface area contributed by atoms with E-state index in [1.165, 1.54) is 0 Å². The zero-order valence-corrected chi connectivity index (χ0v) is 13.9. The first-order valence-corrected chi connectivity index (χ1v) is 9.65. The third kappa shape index (κ3) is 7.17. The molecular formula is C14H23NO4S2. The minimum absolute atomic E-state index is 0.172. The molecule has 0 fully saturated rings. The van der Waals surface area contributed by atoms with Crippen molar-refractivity contribution in [2.45, 2.75) is 24.7 Å². The standard InChI is InChI=1S/C14H23NO4S2/c1-2-10-19-13-4-6-14(7-5-13)21(17,18)15-8-12-20-11-3-9-16/h4-7,15-16H,2-3,8-12H2,1H3. The minimum atomic E-state index is -3.46. The Labute approximate surface area is 131 Å². The summed E-state index contributed by atoms with van der Waals surface area (Å²) in [5.74, 6) is 2.20. The first kappa shape index (κ1) is 18.3. The first-order chi connectivity index (χ1) is 10.1. The average molecular weight is 333 g/mol. The van der Waals surface area contributed by atoms with Gasteiger partial charge in [-0.25, -0.2) is 13.1 Å². The molecule has 0 unspecified atom stereocenters. The predicted molar refractivity (Wildman–Crippen MR) is 86.4 cm³/mol. The fourth-order valence-corrected chi connectivity index (χ4v) is 3.48. The number of aliphatic hydroxyl groups is 1. The second-order valence-corrected chi connectivity index (χ2v) is 7.40. The van der Waals surface area contributed by atoms with Gasteiger partial charge in [-0.2, -0.15) is 11.8 Å². The van der Waals surface area contributed by atoms with Crippen molar-refractivity contribution in [2.75, 3.05) is 31.3 Å². The minimum Gasteiger partial charge on any atom is -0.494 e. The SMILES string of the molecule is CCCOc1ccc(S(=O)(=O)NCCSCCCO)cc1. The van der Waals surface area contributed by atoms with Crippen LogP contribution in [0.25, 0.3) is 0 Å². The van der Waals surface area contributed by atoms with E-state index in [1.807, 2.05) is 6.92 Å². The number of hydrogen-bond donors (Lipinski definition) is 2. The van der Waals surface area contributed by atoms with Crippen molar-refractivity contribution in [2.24, 2.45) is 0 Å². The largest absolute Gasteiger partial charge is 0.494 e. The van der Waals surface area contributed by atoms with Gasteiger partial charge in [0.1, 0.15) is 5.75 Å². The van der Waals surface area contributed by atoms with Crippen LogP contribution in [-0.4, -0.2) is 44.8 Å². The highest BCUT2D eigenvalue weighted by Crippen LogP contribution is 2.16. The average Bonchev–Trinajstić information content (AvgIpc) is 2.49. The van der Waals surface area contributed by atoms with Crippen LogP contribution in [0.15, 0.2) is 29.2 Å². The monoisotopic (exact) mass is 333 g/mol. The van der Waals surface area contributed by atoms with Gasteiger partial charge in [0.25, 0.3) is 0 Å². The summed E-state index contributed by atoms with van der Waals surface area (Å²) in [6.07, 6.45) is 1.65. The molecule has 0 saturated carbocycles. The summed E-state index contributed by atoms with van der Waals surface area (Å²) in [4.78, 5) is 0.242. The van der Waals surface area contributed by atoms with Crippen LogP contribution in [0.3, 0.4) is 0 Å². The Morgan fingerprint density at radius 1 is 1.24 bits per heavy atom. The van der Waals surface area contributed by atoms with Gasteiger partial charge in [0.2, 0.25) is 10.0 Å². The van der Waals surface area contributed by atoms with E-state index in [2.05, 4.69) is 4.72 Å². The molecule has 0 amide bonds. The van der Waals surface area contributed by atoms with Crippen molar-refractivity contribution in [3.8, 4) is 5.75 Å². The maximum Gasteiger partial charge on any atom is 0.240 e. The fourth-order valence-electron chi connectivity index (χ4n) is 1.54. The summed E-state index contributed by atoms with van der Waals surface area (Å²) in [6.45, 7) is 3.19. The van der Waals surface area contributed by atoms with Crippen molar-refractivity contribution in [1.82, 2.24) is 4.72 Å². The number of hydrogen-bond acceptors (Lipinski definition) is 5. The van der Waals surface area contributed by atoms with Crippen molar-refractivity contribution in [3.05, 3.63) is 24.3 Å². The van der Waals surface area contributed by atoms with Gasteiger partial charge >= 0.3 is 0 Å². The molecule has 0 radical (unpaired) electrons. The topological polar surface area (TPSA) is 75.6 Å². The Hall–Kier alpha value is -0.760. The lowest BCUT2D eigenvalue weighted by molar-refractivity contribution is 0.296.